The minimum absolute atomic E-state index is 0.516. The minimum atomic E-state index is 0.516. The Labute approximate surface area is 121 Å². The van der Waals surface area contributed by atoms with Crippen LogP contribution in [-0.4, -0.2) is 25.6 Å². The molecule has 3 aliphatic carbocycles. The molecule has 0 spiro atoms. The third-order valence-electron chi connectivity index (χ3n) is 5.64. The van der Waals surface area contributed by atoms with Gasteiger partial charge in [0.1, 0.15) is 17.3 Å². The lowest BCUT2D eigenvalue weighted by Crippen LogP contribution is -2.17. The second-order valence-electron chi connectivity index (χ2n) is 6.51. The number of fused-ring (bicyclic) bond motifs is 6. The van der Waals surface area contributed by atoms with Gasteiger partial charge in [-0.05, 0) is 49.9 Å². The largest absolute Gasteiger partial charge is 0.366 e. The van der Waals surface area contributed by atoms with Crippen LogP contribution in [-0.2, 0) is 0 Å². The van der Waals surface area contributed by atoms with Gasteiger partial charge in [0.25, 0.3) is 5.78 Å². The van der Waals surface area contributed by atoms with E-state index in [1.54, 1.807) is 4.52 Å². The van der Waals surface area contributed by atoms with Crippen molar-refractivity contribution in [3.05, 3.63) is 17.0 Å². The fraction of sp³-hybridized carbons (Fsp3) is 0.643. The van der Waals surface area contributed by atoms with E-state index in [1.807, 2.05) is 6.92 Å². The molecule has 5 rings (SSSR count). The molecule has 0 aromatic carbocycles. The molecule has 1 N–H and O–H groups in total. The van der Waals surface area contributed by atoms with E-state index >= 15 is 0 Å². The van der Waals surface area contributed by atoms with E-state index in [2.05, 4.69) is 20.4 Å². The van der Waals surface area contributed by atoms with Gasteiger partial charge in [-0.25, -0.2) is 0 Å². The van der Waals surface area contributed by atoms with Crippen molar-refractivity contribution in [3.63, 3.8) is 0 Å². The minimum Gasteiger partial charge on any atom is -0.366 e. The summed E-state index contributed by atoms with van der Waals surface area (Å²) in [6.45, 7) is 1.99. The quantitative estimate of drug-likeness (QED) is 0.863. The summed E-state index contributed by atoms with van der Waals surface area (Å²) in [6.07, 6.45) is 5.85. The fourth-order valence-corrected chi connectivity index (χ4v) is 4.91. The SMILES string of the molecule is Cc1c(Cl)nc2ncnn2c1NC1C2C3CCC(C3)C12. The molecule has 0 saturated heterocycles. The molecule has 0 radical (unpaired) electrons. The van der Waals surface area contributed by atoms with Gasteiger partial charge in [-0.3, -0.25) is 0 Å². The highest BCUT2D eigenvalue weighted by molar-refractivity contribution is 6.30. The summed E-state index contributed by atoms with van der Waals surface area (Å²) in [5, 5.41) is 8.48. The highest BCUT2D eigenvalue weighted by Crippen LogP contribution is 2.66. The van der Waals surface area contributed by atoms with Crippen LogP contribution < -0.4 is 5.32 Å². The zero-order valence-corrected chi connectivity index (χ0v) is 12.0. The number of nitrogens with one attached hydrogen (secondary N) is 1. The smallest absolute Gasteiger partial charge is 0.255 e. The van der Waals surface area contributed by atoms with Gasteiger partial charge >= 0.3 is 0 Å². The average molecular weight is 290 g/mol. The van der Waals surface area contributed by atoms with Crippen LogP contribution in [0.4, 0.5) is 5.82 Å². The summed E-state index contributed by atoms with van der Waals surface area (Å²) in [5.41, 5.74) is 0.960. The normalized spacial score (nSPS) is 37.4. The highest BCUT2D eigenvalue weighted by atomic mass is 35.5. The zero-order valence-electron chi connectivity index (χ0n) is 11.3. The Bertz CT molecular complexity index is 695. The molecule has 3 fully saturated rings. The number of anilines is 1. The highest BCUT2D eigenvalue weighted by Gasteiger charge is 2.65. The first-order valence-corrected chi connectivity index (χ1v) is 7.74. The Morgan fingerprint density at radius 3 is 2.80 bits per heavy atom. The molecule has 0 amide bonds. The zero-order chi connectivity index (χ0) is 13.4. The maximum absolute atomic E-state index is 6.21. The summed E-state index contributed by atoms with van der Waals surface area (Å²) >= 11 is 6.21. The van der Waals surface area contributed by atoms with Crippen LogP contribution in [0.5, 0.6) is 0 Å². The molecular formula is C14H16ClN5. The molecule has 6 heteroatoms. The fourth-order valence-electron chi connectivity index (χ4n) is 4.74. The molecule has 2 bridgehead atoms. The van der Waals surface area contributed by atoms with E-state index in [-0.39, 0.29) is 0 Å². The maximum Gasteiger partial charge on any atom is 0.255 e. The van der Waals surface area contributed by atoms with Gasteiger partial charge in [0.15, 0.2) is 0 Å². The van der Waals surface area contributed by atoms with Crippen molar-refractivity contribution in [2.24, 2.45) is 23.7 Å². The van der Waals surface area contributed by atoms with E-state index in [4.69, 9.17) is 11.6 Å². The molecule has 3 saturated carbocycles. The Morgan fingerprint density at radius 1 is 1.30 bits per heavy atom. The third kappa shape index (κ3) is 1.31. The average Bonchev–Trinajstić information content (AvgIpc) is 2.87. The molecule has 2 heterocycles. The first-order chi connectivity index (χ1) is 9.74. The standard InChI is InChI=1S/C14H16ClN5/c1-6-12(15)19-14-16-5-17-20(14)13(6)18-11-9-7-2-3-8(4-7)10(9)11/h5,7-11,18H,2-4H2,1H3. The molecular weight excluding hydrogens is 274 g/mol. The monoisotopic (exact) mass is 289 g/mol. The summed E-state index contributed by atoms with van der Waals surface area (Å²) in [7, 11) is 0. The van der Waals surface area contributed by atoms with Gasteiger partial charge in [-0.1, -0.05) is 11.6 Å². The number of aromatic nitrogens is 4. The van der Waals surface area contributed by atoms with E-state index in [1.165, 1.54) is 25.6 Å². The van der Waals surface area contributed by atoms with E-state index in [0.717, 1.165) is 35.1 Å². The van der Waals surface area contributed by atoms with Crippen LogP contribution in [0.15, 0.2) is 6.33 Å². The summed E-state index contributed by atoms with van der Waals surface area (Å²) in [4.78, 5) is 8.39. The van der Waals surface area contributed by atoms with Crippen molar-refractivity contribution in [2.75, 3.05) is 5.32 Å². The Kier molecular flexibility index (Phi) is 2.06. The third-order valence-corrected chi connectivity index (χ3v) is 6.01. The van der Waals surface area contributed by atoms with Gasteiger partial charge in [0, 0.05) is 11.6 Å². The lowest BCUT2D eigenvalue weighted by atomic mass is 10.0. The molecule has 20 heavy (non-hydrogen) atoms. The van der Waals surface area contributed by atoms with Gasteiger partial charge in [0.05, 0.1) is 0 Å². The van der Waals surface area contributed by atoms with Crippen LogP contribution in [0.2, 0.25) is 5.15 Å². The lowest BCUT2D eigenvalue weighted by Gasteiger charge is -2.15. The molecule has 2 aromatic rings. The number of hydrogen-bond acceptors (Lipinski definition) is 4. The van der Waals surface area contributed by atoms with Crippen molar-refractivity contribution in [1.82, 2.24) is 19.6 Å². The second kappa shape index (κ2) is 3.64. The van der Waals surface area contributed by atoms with Crippen molar-refractivity contribution in [1.29, 1.82) is 0 Å². The molecule has 4 unspecified atom stereocenters. The predicted octanol–water partition coefficient (Wildman–Crippen LogP) is 2.54. The summed E-state index contributed by atoms with van der Waals surface area (Å²) in [5.74, 6) is 5.18. The van der Waals surface area contributed by atoms with Gasteiger partial charge < -0.3 is 5.32 Å². The van der Waals surface area contributed by atoms with Crippen LogP contribution in [0.3, 0.4) is 0 Å². The first kappa shape index (κ1) is 11.3. The van der Waals surface area contributed by atoms with E-state index in [9.17, 15) is 0 Å². The van der Waals surface area contributed by atoms with E-state index < -0.39 is 0 Å². The molecule has 4 atom stereocenters. The molecule has 104 valence electrons. The van der Waals surface area contributed by atoms with Crippen LogP contribution >= 0.6 is 11.6 Å². The predicted molar refractivity (Wildman–Crippen MR) is 75.8 cm³/mol. The van der Waals surface area contributed by atoms with Crippen molar-refractivity contribution in [2.45, 2.75) is 32.2 Å². The number of hydrogen-bond donors (Lipinski definition) is 1. The van der Waals surface area contributed by atoms with Crippen LogP contribution in [0.25, 0.3) is 5.78 Å². The number of nitrogens with zero attached hydrogens (tertiary/aromatic N) is 4. The molecule has 2 aromatic heterocycles. The van der Waals surface area contributed by atoms with Crippen molar-refractivity contribution >= 4 is 23.2 Å². The Balaban J connectivity index is 1.53. The van der Waals surface area contributed by atoms with Gasteiger partial charge in [0.2, 0.25) is 0 Å². The Hall–Kier alpha value is -1.36. The molecule has 0 aliphatic heterocycles. The maximum atomic E-state index is 6.21. The first-order valence-electron chi connectivity index (χ1n) is 7.36. The summed E-state index contributed by atoms with van der Waals surface area (Å²) < 4.78 is 1.77. The van der Waals surface area contributed by atoms with Crippen LogP contribution in [0, 0.1) is 30.6 Å². The van der Waals surface area contributed by atoms with Crippen LogP contribution in [0.1, 0.15) is 24.8 Å². The number of rotatable bonds is 2. The van der Waals surface area contributed by atoms with Gasteiger partial charge in [-0.2, -0.15) is 19.6 Å². The molecule has 5 nitrogen and oxygen atoms in total. The second-order valence-corrected chi connectivity index (χ2v) is 6.86. The van der Waals surface area contributed by atoms with E-state index in [0.29, 0.717) is 17.0 Å². The number of halogens is 1. The topological polar surface area (TPSA) is 55.1 Å². The Morgan fingerprint density at radius 2 is 2.05 bits per heavy atom. The van der Waals surface area contributed by atoms with Gasteiger partial charge in [-0.15, -0.1) is 0 Å². The summed E-state index contributed by atoms with van der Waals surface area (Å²) in [6, 6.07) is 0.603. The van der Waals surface area contributed by atoms with Crippen molar-refractivity contribution < 1.29 is 0 Å². The van der Waals surface area contributed by atoms with Crippen molar-refractivity contribution in [3.8, 4) is 0 Å². The molecule has 3 aliphatic rings. The lowest BCUT2D eigenvalue weighted by molar-refractivity contribution is 0.456.